The molecule has 2 heterocycles. The van der Waals surface area contributed by atoms with Crippen LogP contribution in [0.4, 0.5) is 0 Å². The van der Waals surface area contributed by atoms with Crippen LogP contribution in [-0.4, -0.2) is 36.6 Å². The number of amides is 1. The number of ether oxygens (including phenoxy) is 2. The normalized spacial score (nSPS) is 17.2. The van der Waals surface area contributed by atoms with Gasteiger partial charge in [-0.25, -0.2) is 0 Å². The molecule has 1 aliphatic rings. The number of carbonyl (C=O) groups excluding carboxylic acids is 1. The van der Waals surface area contributed by atoms with Gasteiger partial charge in [-0.1, -0.05) is 18.2 Å². The molecule has 1 saturated heterocycles. The van der Waals surface area contributed by atoms with Crippen LogP contribution in [0.1, 0.15) is 36.6 Å². The van der Waals surface area contributed by atoms with Crippen molar-refractivity contribution in [3.05, 3.63) is 53.9 Å². The van der Waals surface area contributed by atoms with Crippen molar-refractivity contribution in [2.24, 2.45) is 0 Å². The fourth-order valence-corrected chi connectivity index (χ4v) is 3.47. The second-order valence-electron chi connectivity index (χ2n) is 6.18. The van der Waals surface area contributed by atoms with Crippen molar-refractivity contribution < 1.29 is 14.3 Å². The van der Waals surface area contributed by atoms with Crippen LogP contribution in [0, 0.1) is 0 Å². The lowest BCUT2D eigenvalue weighted by atomic mass is 9.97. The number of pyridine rings is 1. The molecule has 132 valence electrons. The van der Waals surface area contributed by atoms with Crippen molar-refractivity contribution in [1.82, 2.24) is 9.88 Å². The predicted molar refractivity (Wildman–Crippen MR) is 95.8 cm³/mol. The first-order valence-corrected chi connectivity index (χ1v) is 8.65. The van der Waals surface area contributed by atoms with Gasteiger partial charge in [0.1, 0.15) is 0 Å². The Labute approximate surface area is 148 Å². The number of benzene rings is 1. The van der Waals surface area contributed by atoms with Gasteiger partial charge in [-0.05, 0) is 37.5 Å². The van der Waals surface area contributed by atoms with E-state index in [1.165, 1.54) is 0 Å². The molecule has 1 aromatic carbocycles. The molecule has 25 heavy (non-hydrogen) atoms. The Morgan fingerprint density at radius 3 is 2.76 bits per heavy atom. The first kappa shape index (κ1) is 17.3. The number of likely N-dealkylation sites (tertiary alicyclic amines) is 1. The van der Waals surface area contributed by atoms with Gasteiger partial charge in [-0.2, -0.15) is 0 Å². The monoisotopic (exact) mass is 340 g/mol. The molecular formula is C20H24N2O3. The van der Waals surface area contributed by atoms with Crippen LogP contribution in [0.25, 0.3) is 0 Å². The molecular weight excluding hydrogens is 316 g/mol. The molecule has 0 saturated carbocycles. The van der Waals surface area contributed by atoms with Crippen LogP contribution >= 0.6 is 0 Å². The molecule has 1 atom stereocenters. The zero-order chi connectivity index (χ0) is 17.6. The van der Waals surface area contributed by atoms with E-state index in [1.54, 1.807) is 20.4 Å². The minimum atomic E-state index is 0.0547. The summed E-state index contributed by atoms with van der Waals surface area (Å²) in [6.07, 6.45) is 5.19. The Hall–Kier alpha value is -2.56. The second kappa shape index (κ2) is 8.01. The van der Waals surface area contributed by atoms with Crippen molar-refractivity contribution in [2.45, 2.75) is 31.7 Å². The molecule has 1 aliphatic heterocycles. The molecule has 5 heteroatoms. The van der Waals surface area contributed by atoms with Crippen LogP contribution in [0.5, 0.6) is 11.5 Å². The summed E-state index contributed by atoms with van der Waals surface area (Å²) >= 11 is 0. The molecule has 0 bridgehead atoms. The molecule has 5 nitrogen and oxygen atoms in total. The third-order valence-electron chi connectivity index (χ3n) is 4.68. The van der Waals surface area contributed by atoms with E-state index in [2.05, 4.69) is 4.98 Å². The number of hydrogen-bond donors (Lipinski definition) is 0. The van der Waals surface area contributed by atoms with Gasteiger partial charge in [-0.3, -0.25) is 9.78 Å². The maximum Gasteiger partial charge on any atom is 0.227 e. The number of hydrogen-bond acceptors (Lipinski definition) is 4. The molecule has 0 radical (unpaired) electrons. The number of nitrogens with zero attached hydrogens (tertiary/aromatic N) is 2. The number of piperidine rings is 1. The topological polar surface area (TPSA) is 51.7 Å². The third kappa shape index (κ3) is 3.76. The Balaban J connectivity index is 1.82. The van der Waals surface area contributed by atoms with Gasteiger partial charge in [-0.15, -0.1) is 0 Å². The highest BCUT2D eigenvalue weighted by Gasteiger charge is 2.29. The lowest BCUT2D eigenvalue weighted by Crippen LogP contribution is -2.39. The quantitative estimate of drug-likeness (QED) is 0.837. The zero-order valence-corrected chi connectivity index (χ0v) is 14.8. The van der Waals surface area contributed by atoms with Crippen molar-refractivity contribution in [1.29, 1.82) is 0 Å². The lowest BCUT2D eigenvalue weighted by molar-refractivity contribution is -0.134. The van der Waals surface area contributed by atoms with Gasteiger partial charge in [0.2, 0.25) is 5.91 Å². The summed E-state index contributed by atoms with van der Waals surface area (Å²) in [7, 11) is 3.20. The number of aromatic nitrogens is 1. The third-order valence-corrected chi connectivity index (χ3v) is 4.68. The van der Waals surface area contributed by atoms with Gasteiger partial charge >= 0.3 is 0 Å². The van der Waals surface area contributed by atoms with E-state index in [-0.39, 0.29) is 11.9 Å². The number of para-hydroxylation sites is 1. The maximum absolute atomic E-state index is 13.0. The standard InChI is InChI=1S/C20H24N2O3/c1-24-18-11-7-8-15(20(18)25-2)14-19(23)22-13-6-4-10-17(22)16-9-3-5-12-21-16/h3,5,7-9,11-12,17H,4,6,10,13-14H2,1-2H3. The number of methoxy groups -OCH3 is 2. The van der Waals surface area contributed by atoms with E-state index in [9.17, 15) is 4.79 Å². The van der Waals surface area contributed by atoms with Crippen LogP contribution < -0.4 is 9.47 Å². The average molecular weight is 340 g/mol. The molecule has 3 rings (SSSR count). The van der Waals surface area contributed by atoms with E-state index in [0.717, 1.165) is 37.1 Å². The number of carbonyl (C=O) groups is 1. The second-order valence-corrected chi connectivity index (χ2v) is 6.18. The molecule has 1 fully saturated rings. The van der Waals surface area contributed by atoms with Crippen molar-refractivity contribution >= 4 is 5.91 Å². The maximum atomic E-state index is 13.0. The van der Waals surface area contributed by atoms with Gasteiger partial charge in [0.15, 0.2) is 11.5 Å². The van der Waals surface area contributed by atoms with E-state index >= 15 is 0 Å². The molecule has 0 N–H and O–H groups in total. The van der Waals surface area contributed by atoms with Gasteiger partial charge in [0.05, 0.1) is 32.4 Å². The smallest absolute Gasteiger partial charge is 0.227 e. The fourth-order valence-electron chi connectivity index (χ4n) is 3.47. The number of rotatable bonds is 5. The summed E-state index contributed by atoms with van der Waals surface area (Å²) in [5.41, 5.74) is 1.81. The van der Waals surface area contributed by atoms with E-state index in [0.29, 0.717) is 17.9 Å². The first-order valence-electron chi connectivity index (χ1n) is 8.65. The average Bonchev–Trinajstić information content (AvgIpc) is 2.68. The largest absolute Gasteiger partial charge is 0.493 e. The fraction of sp³-hybridized carbons (Fsp3) is 0.400. The highest BCUT2D eigenvalue weighted by atomic mass is 16.5. The molecule has 0 aliphatic carbocycles. The highest BCUT2D eigenvalue weighted by molar-refractivity contribution is 5.80. The summed E-state index contributed by atoms with van der Waals surface area (Å²) < 4.78 is 10.8. The first-order chi connectivity index (χ1) is 12.2. The Bertz CT molecular complexity index is 718. The van der Waals surface area contributed by atoms with E-state index in [1.807, 2.05) is 41.3 Å². The van der Waals surface area contributed by atoms with Crippen LogP contribution in [0.3, 0.4) is 0 Å². The lowest BCUT2D eigenvalue weighted by Gasteiger charge is -2.35. The molecule has 1 amide bonds. The van der Waals surface area contributed by atoms with Crippen LogP contribution in [0.15, 0.2) is 42.6 Å². The van der Waals surface area contributed by atoms with E-state index in [4.69, 9.17) is 9.47 Å². The Morgan fingerprint density at radius 1 is 1.16 bits per heavy atom. The van der Waals surface area contributed by atoms with Gasteiger partial charge in [0.25, 0.3) is 0 Å². The van der Waals surface area contributed by atoms with Crippen molar-refractivity contribution in [2.75, 3.05) is 20.8 Å². The Morgan fingerprint density at radius 2 is 2.04 bits per heavy atom. The summed E-state index contributed by atoms with van der Waals surface area (Å²) in [4.78, 5) is 19.4. The summed E-state index contributed by atoms with van der Waals surface area (Å²) in [5.74, 6) is 1.37. The van der Waals surface area contributed by atoms with Gasteiger partial charge < -0.3 is 14.4 Å². The molecule has 1 unspecified atom stereocenters. The summed E-state index contributed by atoms with van der Waals surface area (Å²) in [6.45, 7) is 0.770. The zero-order valence-electron chi connectivity index (χ0n) is 14.8. The minimum Gasteiger partial charge on any atom is -0.493 e. The molecule has 2 aromatic rings. The molecule has 0 spiro atoms. The summed E-state index contributed by atoms with van der Waals surface area (Å²) in [5, 5.41) is 0. The summed E-state index contributed by atoms with van der Waals surface area (Å²) in [6, 6.07) is 11.6. The van der Waals surface area contributed by atoms with Crippen LogP contribution in [-0.2, 0) is 11.2 Å². The predicted octanol–water partition coefficient (Wildman–Crippen LogP) is 3.40. The van der Waals surface area contributed by atoms with E-state index < -0.39 is 0 Å². The van der Waals surface area contributed by atoms with Crippen molar-refractivity contribution in [3.63, 3.8) is 0 Å². The molecule has 1 aromatic heterocycles. The van der Waals surface area contributed by atoms with Gasteiger partial charge in [0, 0.05) is 18.3 Å². The van der Waals surface area contributed by atoms with Crippen molar-refractivity contribution in [3.8, 4) is 11.5 Å². The minimum absolute atomic E-state index is 0.0547. The SMILES string of the molecule is COc1cccc(CC(=O)N2CCCCC2c2ccccn2)c1OC. The van der Waals surface area contributed by atoms with Crippen LogP contribution in [0.2, 0.25) is 0 Å². The highest BCUT2D eigenvalue weighted by Crippen LogP contribution is 2.33. The Kier molecular flexibility index (Phi) is 5.53.